The van der Waals surface area contributed by atoms with Crippen molar-refractivity contribution < 1.29 is 14.6 Å². The highest BCUT2D eigenvalue weighted by molar-refractivity contribution is 5.67. The highest BCUT2D eigenvalue weighted by Crippen LogP contribution is 2.12. The minimum Gasteiger partial charge on any atom is -0.444 e. The van der Waals surface area contributed by atoms with Gasteiger partial charge in [0.15, 0.2) is 0 Å². The minimum absolute atomic E-state index is 0.211. The number of rotatable bonds is 5. The summed E-state index contributed by atoms with van der Waals surface area (Å²) in [5.74, 6) is 0. The van der Waals surface area contributed by atoms with Gasteiger partial charge in [-0.2, -0.15) is 0 Å². The highest BCUT2D eigenvalue weighted by Gasteiger charge is 2.19. The number of hydrogen-bond donors (Lipinski definition) is 1. The molecule has 1 N–H and O–H groups in total. The molecule has 0 saturated heterocycles. The fourth-order valence-electron chi connectivity index (χ4n) is 1.77. The van der Waals surface area contributed by atoms with Crippen LogP contribution in [0.3, 0.4) is 0 Å². The van der Waals surface area contributed by atoms with Gasteiger partial charge < -0.3 is 14.7 Å². The summed E-state index contributed by atoms with van der Waals surface area (Å²) in [4.78, 5) is 13.4. The molecule has 0 unspecified atom stereocenters. The minimum atomic E-state index is -0.473. The van der Waals surface area contributed by atoms with Crippen LogP contribution in [0.4, 0.5) is 4.79 Å². The van der Waals surface area contributed by atoms with Crippen molar-refractivity contribution in [3.8, 4) is 0 Å². The monoisotopic (exact) mass is 279 g/mol. The molecule has 0 radical (unpaired) electrons. The van der Waals surface area contributed by atoms with Crippen molar-refractivity contribution in [2.45, 2.75) is 45.8 Å². The second-order valence-corrected chi connectivity index (χ2v) is 5.98. The van der Waals surface area contributed by atoms with Crippen molar-refractivity contribution in [1.29, 1.82) is 0 Å². The second kappa shape index (κ2) is 7.29. The number of hydrogen-bond acceptors (Lipinski definition) is 3. The van der Waals surface area contributed by atoms with Gasteiger partial charge >= 0.3 is 6.09 Å². The molecule has 0 atom stereocenters. The van der Waals surface area contributed by atoms with Crippen molar-refractivity contribution in [3.05, 3.63) is 35.4 Å². The third kappa shape index (κ3) is 6.06. The number of aliphatic hydroxyl groups excluding tert-OH is 1. The van der Waals surface area contributed by atoms with Crippen molar-refractivity contribution in [3.63, 3.8) is 0 Å². The zero-order chi connectivity index (χ0) is 15.2. The molecule has 0 aliphatic heterocycles. The van der Waals surface area contributed by atoms with Crippen molar-refractivity contribution >= 4 is 6.09 Å². The van der Waals surface area contributed by atoms with E-state index >= 15 is 0 Å². The van der Waals surface area contributed by atoms with Gasteiger partial charge in [0.05, 0.1) is 0 Å². The molecule has 112 valence electrons. The van der Waals surface area contributed by atoms with Gasteiger partial charge in [0.2, 0.25) is 0 Å². The summed E-state index contributed by atoms with van der Waals surface area (Å²) >= 11 is 0. The number of carbonyl (C=O) groups excluding carboxylic acids is 1. The fraction of sp³-hybridized carbons (Fsp3) is 0.562. The Morgan fingerprint density at radius 2 is 1.75 bits per heavy atom. The van der Waals surface area contributed by atoms with Crippen LogP contribution in [0.2, 0.25) is 0 Å². The van der Waals surface area contributed by atoms with Crippen molar-refractivity contribution in [1.82, 2.24) is 4.90 Å². The Morgan fingerprint density at radius 1 is 1.20 bits per heavy atom. The summed E-state index contributed by atoms with van der Waals surface area (Å²) in [6.45, 7) is 6.30. The third-order valence-electron chi connectivity index (χ3n) is 2.77. The molecule has 1 rings (SSSR count). The SMILES string of the molecule is CN(Cc1ccc(CCCO)cc1)C(=O)OC(C)(C)C. The predicted octanol–water partition coefficient (Wildman–Crippen LogP) is 2.98. The van der Waals surface area contributed by atoms with Crippen molar-refractivity contribution in [2.75, 3.05) is 13.7 Å². The standard InChI is InChI=1S/C16H25NO3/c1-16(2,3)20-15(19)17(4)12-14-9-7-13(8-10-14)6-5-11-18/h7-10,18H,5-6,11-12H2,1-4H3. The van der Waals surface area contributed by atoms with Crippen LogP contribution >= 0.6 is 0 Å². The largest absolute Gasteiger partial charge is 0.444 e. The van der Waals surface area contributed by atoms with Gasteiger partial charge in [-0.3, -0.25) is 0 Å². The van der Waals surface area contributed by atoms with Crippen LogP contribution in [0.25, 0.3) is 0 Å². The summed E-state index contributed by atoms with van der Waals surface area (Å²) in [5.41, 5.74) is 1.79. The lowest BCUT2D eigenvalue weighted by molar-refractivity contribution is 0.0285. The molecule has 0 spiro atoms. The Hall–Kier alpha value is -1.55. The first-order chi connectivity index (χ1) is 9.31. The van der Waals surface area contributed by atoms with Crippen LogP contribution < -0.4 is 0 Å². The molecule has 20 heavy (non-hydrogen) atoms. The molecule has 0 saturated carbocycles. The highest BCUT2D eigenvalue weighted by atomic mass is 16.6. The summed E-state index contributed by atoms with van der Waals surface area (Å²) in [5, 5.41) is 8.80. The molecule has 0 fully saturated rings. The maximum atomic E-state index is 11.8. The molecule has 0 heterocycles. The molecular formula is C16H25NO3. The van der Waals surface area contributed by atoms with E-state index in [4.69, 9.17) is 9.84 Å². The number of nitrogens with zero attached hydrogens (tertiary/aromatic N) is 1. The van der Waals surface area contributed by atoms with Gasteiger partial charge in [0.1, 0.15) is 5.60 Å². The molecule has 1 aromatic rings. The van der Waals surface area contributed by atoms with Gasteiger partial charge in [0.25, 0.3) is 0 Å². The Bertz CT molecular complexity index is 420. The Morgan fingerprint density at radius 3 is 2.25 bits per heavy atom. The quantitative estimate of drug-likeness (QED) is 0.901. The molecule has 4 heteroatoms. The first-order valence-corrected chi connectivity index (χ1v) is 6.94. The first-order valence-electron chi connectivity index (χ1n) is 6.94. The van der Waals surface area contributed by atoms with E-state index in [0.29, 0.717) is 6.54 Å². The molecule has 1 aromatic carbocycles. The normalized spacial score (nSPS) is 11.2. The topological polar surface area (TPSA) is 49.8 Å². The zero-order valence-corrected chi connectivity index (χ0v) is 12.8. The summed E-state index contributed by atoms with van der Waals surface area (Å²) in [6, 6.07) is 8.09. The van der Waals surface area contributed by atoms with E-state index in [1.165, 1.54) is 5.56 Å². The Kier molecular flexibility index (Phi) is 6.02. The van der Waals surface area contributed by atoms with Crippen molar-refractivity contribution in [2.24, 2.45) is 0 Å². The lowest BCUT2D eigenvalue weighted by Crippen LogP contribution is -2.33. The number of carbonyl (C=O) groups is 1. The van der Waals surface area contributed by atoms with E-state index < -0.39 is 5.60 Å². The number of aliphatic hydroxyl groups is 1. The van der Waals surface area contributed by atoms with Crippen LogP contribution in [0.5, 0.6) is 0 Å². The number of amides is 1. The van der Waals surface area contributed by atoms with Gasteiger partial charge in [-0.1, -0.05) is 24.3 Å². The maximum absolute atomic E-state index is 11.8. The zero-order valence-electron chi connectivity index (χ0n) is 12.8. The molecule has 0 bridgehead atoms. The molecule has 0 aromatic heterocycles. The van der Waals surface area contributed by atoms with Crippen LogP contribution in [0, 0.1) is 0 Å². The molecular weight excluding hydrogens is 254 g/mol. The summed E-state index contributed by atoms with van der Waals surface area (Å²) in [7, 11) is 1.73. The fourth-order valence-corrected chi connectivity index (χ4v) is 1.77. The number of ether oxygens (including phenoxy) is 1. The van der Waals surface area contributed by atoms with E-state index in [1.54, 1.807) is 11.9 Å². The Labute approximate surface area is 121 Å². The maximum Gasteiger partial charge on any atom is 0.410 e. The molecule has 1 amide bonds. The van der Waals surface area contributed by atoms with Gasteiger partial charge in [-0.05, 0) is 44.7 Å². The van der Waals surface area contributed by atoms with Crippen LogP contribution in [0.1, 0.15) is 38.3 Å². The van der Waals surface area contributed by atoms with E-state index in [1.807, 2.05) is 45.0 Å². The van der Waals surface area contributed by atoms with Crippen LogP contribution in [-0.2, 0) is 17.7 Å². The predicted molar refractivity (Wildman–Crippen MR) is 79.5 cm³/mol. The van der Waals surface area contributed by atoms with Gasteiger partial charge in [0, 0.05) is 20.2 Å². The van der Waals surface area contributed by atoms with Crippen LogP contribution in [0.15, 0.2) is 24.3 Å². The molecule has 4 nitrogen and oxygen atoms in total. The second-order valence-electron chi connectivity index (χ2n) is 5.98. The van der Waals surface area contributed by atoms with E-state index in [2.05, 4.69) is 0 Å². The van der Waals surface area contributed by atoms with E-state index in [-0.39, 0.29) is 12.7 Å². The Balaban J connectivity index is 2.53. The van der Waals surface area contributed by atoms with Gasteiger partial charge in [-0.15, -0.1) is 0 Å². The number of aryl methyl sites for hydroxylation is 1. The van der Waals surface area contributed by atoms with E-state index in [9.17, 15) is 4.79 Å². The lowest BCUT2D eigenvalue weighted by Gasteiger charge is -2.24. The average molecular weight is 279 g/mol. The van der Waals surface area contributed by atoms with Gasteiger partial charge in [-0.25, -0.2) is 4.79 Å². The third-order valence-corrected chi connectivity index (χ3v) is 2.77. The average Bonchev–Trinajstić information content (AvgIpc) is 2.36. The lowest BCUT2D eigenvalue weighted by atomic mass is 10.1. The van der Waals surface area contributed by atoms with Crippen LogP contribution in [-0.4, -0.2) is 35.4 Å². The van der Waals surface area contributed by atoms with E-state index in [0.717, 1.165) is 18.4 Å². The summed E-state index contributed by atoms with van der Waals surface area (Å²) < 4.78 is 5.31. The first kappa shape index (κ1) is 16.5. The summed E-state index contributed by atoms with van der Waals surface area (Å²) in [6.07, 6.45) is 1.33. The molecule has 0 aliphatic carbocycles. The molecule has 0 aliphatic rings. The smallest absolute Gasteiger partial charge is 0.410 e. The number of benzene rings is 1.